The number of aliphatic hydroxyl groups is 1. The van der Waals surface area contributed by atoms with Crippen LogP contribution in [0.4, 0.5) is 0 Å². The van der Waals surface area contributed by atoms with Gasteiger partial charge >= 0.3 is 0 Å². The van der Waals surface area contributed by atoms with Crippen molar-refractivity contribution in [3.63, 3.8) is 0 Å². The van der Waals surface area contributed by atoms with Crippen molar-refractivity contribution in [1.82, 2.24) is 4.90 Å². The Balaban J connectivity index is 1.73. The van der Waals surface area contributed by atoms with E-state index in [1.807, 2.05) is 24.3 Å². The zero-order chi connectivity index (χ0) is 14.4. The summed E-state index contributed by atoms with van der Waals surface area (Å²) >= 11 is 3.35. The number of nitrogens with zero attached hydrogens (tertiary/aromatic N) is 1. The van der Waals surface area contributed by atoms with Crippen LogP contribution in [0.15, 0.2) is 28.7 Å². The average Bonchev–Trinajstić information content (AvgIpc) is 2.49. The summed E-state index contributed by atoms with van der Waals surface area (Å²) in [6, 6.07) is 7.49. The number of rotatable bonds is 5. The van der Waals surface area contributed by atoms with E-state index in [4.69, 9.17) is 14.6 Å². The van der Waals surface area contributed by atoms with E-state index in [0.717, 1.165) is 10.2 Å². The summed E-state index contributed by atoms with van der Waals surface area (Å²) in [5, 5.41) is 9.05. The minimum absolute atomic E-state index is 0.0314. The van der Waals surface area contributed by atoms with E-state index in [0.29, 0.717) is 32.7 Å². The first kappa shape index (κ1) is 15.3. The van der Waals surface area contributed by atoms with Crippen molar-refractivity contribution in [3.8, 4) is 5.75 Å². The van der Waals surface area contributed by atoms with Gasteiger partial charge in [0.25, 0.3) is 0 Å². The van der Waals surface area contributed by atoms with Gasteiger partial charge in [0.2, 0.25) is 5.91 Å². The number of hydrogen-bond acceptors (Lipinski definition) is 4. The van der Waals surface area contributed by atoms with E-state index < -0.39 is 0 Å². The van der Waals surface area contributed by atoms with Crippen LogP contribution in [0.1, 0.15) is 6.42 Å². The molecule has 0 aliphatic carbocycles. The lowest BCUT2D eigenvalue weighted by molar-refractivity contribution is -0.140. The lowest BCUT2D eigenvalue weighted by Gasteiger charge is -2.32. The van der Waals surface area contributed by atoms with Crippen LogP contribution in [-0.2, 0) is 9.53 Å². The summed E-state index contributed by atoms with van der Waals surface area (Å²) in [5.41, 5.74) is 0. The van der Waals surface area contributed by atoms with Gasteiger partial charge in [-0.3, -0.25) is 4.79 Å². The largest absolute Gasteiger partial charge is 0.493 e. The Bertz CT molecular complexity index is 437. The fourth-order valence-corrected chi connectivity index (χ4v) is 2.27. The number of amides is 1. The van der Waals surface area contributed by atoms with Gasteiger partial charge < -0.3 is 19.5 Å². The summed E-state index contributed by atoms with van der Waals surface area (Å²) < 4.78 is 11.8. The van der Waals surface area contributed by atoms with Gasteiger partial charge in [0.15, 0.2) is 0 Å². The first-order valence-electron chi connectivity index (χ1n) is 6.57. The molecule has 0 aromatic heterocycles. The molecule has 0 bridgehead atoms. The minimum Gasteiger partial charge on any atom is -0.493 e. The highest BCUT2D eigenvalue weighted by Gasteiger charge is 2.23. The van der Waals surface area contributed by atoms with E-state index in [2.05, 4.69) is 15.9 Å². The van der Waals surface area contributed by atoms with Crippen molar-refractivity contribution in [2.45, 2.75) is 12.5 Å². The monoisotopic (exact) mass is 343 g/mol. The summed E-state index contributed by atoms with van der Waals surface area (Å²) in [4.78, 5) is 13.7. The zero-order valence-electron chi connectivity index (χ0n) is 11.1. The topological polar surface area (TPSA) is 59.0 Å². The van der Waals surface area contributed by atoms with Crippen molar-refractivity contribution < 1.29 is 19.4 Å². The molecule has 1 aromatic rings. The molecule has 1 aromatic carbocycles. The van der Waals surface area contributed by atoms with Gasteiger partial charge in [-0.15, -0.1) is 0 Å². The molecule has 1 aliphatic heterocycles. The summed E-state index contributed by atoms with van der Waals surface area (Å²) in [6.07, 6.45) is 0.0638. The molecule has 0 radical (unpaired) electrons. The second-order valence-electron chi connectivity index (χ2n) is 4.57. The third-order valence-corrected chi connectivity index (χ3v) is 3.62. The van der Waals surface area contributed by atoms with Crippen LogP contribution in [0.25, 0.3) is 0 Å². The molecule has 1 fully saturated rings. The molecule has 1 unspecified atom stereocenters. The van der Waals surface area contributed by atoms with Crippen molar-refractivity contribution in [1.29, 1.82) is 0 Å². The maximum Gasteiger partial charge on any atom is 0.226 e. The number of hydrogen-bond donors (Lipinski definition) is 1. The molecule has 1 aliphatic rings. The maximum atomic E-state index is 12.0. The Morgan fingerprint density at radius 2 is 2.20 bits per heavy atom. The van der Waals surface area contributed by atoms with Crippen LogP contribution in [0.2, 0.25) is 0 Å². The van der Waals surface area contributed by atoms with Gasteiger partial charge in [-0.25, -0.2) is 0 Å². The van der Waals surface area contributed by atoms with E-state index in [9.17, 15) is 4.79 Å². The van der Waals surface area contributed by atoms with Gasteiger partial charge in [0.1, 0.15) is 5.75 Å². The molecule has 0 spiro atoms. The second kappa shape index (κ2) is 7.61. The quantitative estimate of drug-likeness (QED) is 0.878. The molecule has 20 heavy (non-hydrogen) atoms. The number of carbonyl (C=O) groups excluding carboxylic acids is 1. The van der Waals surface area contributed by atoms with E-state index >= 15 is 0 Å². The number of morpholine rings is 1. The van der Waals surface area contributed by atoms with Crippen LogP contribution in [0.5, 0.6) is 5.75 Å². The standard InChI is InChI=1S/C14H18BrNO4/c15-11-1-3-12(4-2-11)19-7-5-14(18)16-6-8-20-13(9-16)10-17/h1-4,13,17H,5-10H2. The average molecular weight is 344 g/mol. The molecule has 1 saturated heterocycles. The van der Waals surface area contributed by atoms with Crippen molar-refractivity contribution in [2.24, 2.45) is 0 Å². The number of halogens is 1. The third-order valence-electron chi connectivity index (χ3n) is 3.09. The van der Waals surface area contributed by atoms with Crippen LogP contribution in [0, 0.1) is 0 Å². The third kappa shape index (κ3) is 4.47. The van der Waals surface area contributed by atoms with Gasteiger partial charge in [-0.05, 0) is 24.3 Å². The Morgan fingerprint density at radius 3 is 2.90 bits per heavy atom. The fourth-order valence-electron chi connectivity index (χ4n) is 2.00. The van der Waals surface area contributed by atoms with Gasteiger partial charge in [0, 0.05) is 17.6 Å². The predicted octanol–water partition coefficient (Wildman–Crippen LogP) is 1.44. The number of benzene rings is 1. The van der Waals surface area contributed by atoms with Crippen molar-refractivity contribution in [3.05, 3.63) is 28.7 Å². The lowest BCUT2D eigenvalue weighted by Crippen LogP contribution is -2.47. The van der Waals surface area contributed by atoms with Crippen LogP contribution >= 0.6 is 15.9 Å². The van der Waals surface area contributed by atoms with E-state index in [-0.39, 0.29) is 18.6 Å². The highest BCUT2D eigenvalue weighted by Crippen LogP contribution is 2.16. The first-order chi connectivity index (χ1) is 9.69. The molecule has 110 valence electrons. The minimum atomic E-state index is -0.264. The smallest absolute Gasteiger partial charge is 0.226 e. The van der Waals surface area contributed by atoms with Gasteiger partial charge in [-0.1, -0.05) is 15.9 Å². The molecule has 5 nitrogen and oxygen atoms in total. The molecule has 0 saturated carbocycles. The molecular weight excluding hydrogens is 326 g/mol. The molecule has 1 heterocycles. The zero-order valence-corrected chi connectivity index (χ0v) is 12.7. The van der Waals surface area contributed by atoms with Crippen LogP contribution < -0.4 is 4.74 Å². The Labute approximate surface area is 126 Å². The van der Waals surface area contributed by atoms with Crippen molar-refractivity contribution >= 4 is 21.8 Å². The normalized spacial score (nSPS) is 18.9. The summed E-state index contributed by atoms with van der Waals surface area (Å²) in [6.45, 7) is 1.80. The Kier molecular flexibility index (Phi) is 5.82. The number of ether oxygens (including phenoxy) is 2. The van der Waals surface area contributed by atoms with Crippen LogP contribution in [0.3, 0.4) is 0 Å². The van der Waals surface area contributed by atoms with E-state index in [1.165, 1.54) is 0 Å². The number of carbonyl (C=O) groups is 1. The highest BCUT2D eigenvalue weighted by molar-refractivity contribution is 9.10. The highest BCUT2D eigenvalue weighted by atomic mass is 79.9. The molecule has 2 rings (SSSR count). The Morgan fingerprint density at radius 1 is 1.45 bits per heavy atom. The number of aliphatic hydroxyl groups excluding tert-OH is 1. The SMILES string of the molecule is O=C(CCOc1ccc(Br)cc1)N1CCOC(CO)C1. The fraction of sp³-hybridized carbons (Fsp3) is 0.500. The molecule has 1 N–H and O–H groups in total. The summed E-state index contributed by atoms with van der Waals surface area (Å²) in [5.74, 6) is 0.778. The van der Waals surface area contributed by atoms with Crippen molar-refractivity contribution in [2.75, 3.05) is 32.9 Å². The molecule has 6 heteroatoms. The van der Waals surface area contributed by atoms with Crippen LogP contribution in [-0.4, -0.2) is 54.9 Å². The van der Waals surface area contributed by atoms with Gasteiger partial charge in [-0.2, -0.15) is 0 Å². The van der Waals surface area contributed by atoms with E-state index in [1.54, 1.807) is 4.90 Å². The molecular formula is C14H18BrNO4. The maximum absolute atomic E-state index is 12.0. The molecule has 1 atom stereocenters. The molecule has 1 amide bonds. The predicted molar refractivity (Wildman–Crippen MR) is 77.7 cm³/mol. The first-order valence-corrected chi connectivity index (χ1v) is 7.37. The van der Waals surface area contributed by atoms with Gasteiger partial charge in [0.05, 0.1) is 32.3 Å². The summed E-state index contributed by atoms with van der Waals surface area (Å²) in [7, 11) is 0. The second-order valence-corrected chi connectivity index (χ2v) is 5.48. The lowest BCUT2D eigenvalue weighted by atomic mass is 10.2. The Hall–Kier alpha value is -1.11.